The number of rotatable bonds is 2. The molecule has 2 aromatic rings. The molecular formula is C16H14ClFO. The Morgan fingerprint density at radius 3 is 2.21 bits per heavy atom. The van der Waals surface area contributed by atoms with Crippen LogP contribution in [-0.4, -0.2) is 5.78 Å². The molecule has 0 fully saturated rings. The number of aryl methyl sites for hydroxylation is 3. The van der Waals surface area contributed by atoms with Gasteiger partial charge in [-0.05, 0) is 55.7 Å². The quantitative estimate of drug-likeness (QED) is 0.731. The van der Waals surface area contributed by atoms with E-state index in [9.17, 15) is 9.18 Å². The zero-order valence-corrected chi connectivity index (χ0v) is 11.8. The molecule has 0 aliphatic heterocycles. The molecule has 0 atom stereocenters. The molecule has 2 aromatic carbocycles. The van der Waals surface area contributed by atoms with Crippen LogP contribution in [0.1, 0.15) is 32.6 Å². The van der Waals surface area contributed by atoms with Gasteiger partial charge in [0.15, 0.2) is 5.78 Å². The van der Waals surface area contributed by atoms with Crippen LogP contribution < -0.4 is 0 Å². The maximum Gasteiger partial charge on any atom is 0.194 e. The second-order valence-electron chi connectivity index (χ2n) is 4.69. The number of hydrogen-bond donors (Lipinski definition) is 0. The molecule has 1 nitrogen and oxygen atoms in total. The molecule has 0 saturated heterocycles. The average Bonchev–Trinajstić information content (AvgIpc) is 2.38. The molecule has 0 aliphatic rings. The Morgan fingerprint density at radius 1 is 1.05 bits per heavy atom. The lowest BCUT2D eigenvalue weighted by molar-refractivity contribution is 0.103. The fourth-order valence-corrected chi connectivity index (χ4v) is 2.27. The van der Waals surface area contributed by atoms with E-state index in [4.69, 9.17) is 11.6 Å². The van der Waals surface area contributed by atoms with E-state index in [0.29, 0.717) is 27.3 Å². The monoisotopic (exact) mass is 276 g/mol. The predicted molar refractivity (Wildman–Crippen MR) is 75.5 cm³/mol. The van der Waals surface area contributed by atoms with E-state index >= 15 is 0 Å². The third-order valence-electron chi connectivity index (χ3n) is 3.14. The number of carbonyl (C=O) groups excluding carboxylic acids is 1. The molecule has 0 spiro atoms. The van der Waals surface area contributed by atoms with E-state index in [2.05, 4.69) is 0 Å². The predicted octanol–water partition coefficient (Wildman–Crippen LogP) is 4.64. The van der Waals surface area contributed by atoms with Gasteiger partial charge in [-0.15, -0.1) is 0 Å². The largest absolute Gasteiger partial charge is 0.289 e. The van der Waals surface area contributed by atoms with E-state index in [-0.39, 0.29) is 11.6 Å². The molecule has 0 aliphatic carbocycles. The molecule has 3 heteroatoms. The molecule has 0 saturated carbocycles. The van der Waals surface area contributed by atoms with Gasteiger partial charge in [0.2, 0.25) is 0 Å². The molecule has 0 radical (unpaired) electrons. The summed E-state index contributed by atoms with van der Waals surface area (Å²) >= 11 is 6.15. The van der Waals surface area contributed by atoms with Gasteiger partial charge in [0.05, 0.1) is 5.02 Å². The van der Waals surface area contributed by atoms with Crippen LogP contribution in [0.2, 0.25) is 5.02 Å². The van der Waals surface area contributed by atoms with Gasteiger partial charge in [0, 0.05) is 11.1 Å². The first-order chi connectivity index (χ1) is 8.91. The van der Waals surface area contributed by atoms with Gasteiger partial charge in [-0.25, -0.2) is 4.39 Å². The van der Waals surface area contributed by atoms with E-state index in [0.717, 1.165) is 5.56 Å². The summed E-state index contributed by atoms with van der Waals surface area (Å²) in [4.78, 5) is 12.4. The zero-order chi connectivity index (χ0) is 14.2. The van der Waals surface area contributed by atoms with Gasteiger partial charge in [-0.1, -0.05) is 23.7 Å². The summed E-state index contributed by atoms with van der Waals surface area (Å²) in [5.41, 5.74) is 2.69. The fraction of sp³-hybridized carbons (Fsp3) is 0.188. The maximum atomic E-state index is 13.6. The minimum atomic E-state index is -0.271. The normalized spacial score (nSPS) is 10.6. The molecule has 98 valence electrons. The van der Waals surface area contributed by atoms with Crippen LogP contribution in [0.15, 0.2) is 30.3 Å². The SMILES string of the molecule is Cc1cc(C(=O)c2cccc(C)c2Cl)cc(C)c1F. The van der Waals surface area contributed by atoms with E-state index in [1.807, 2.05) is 13.0 Å². The molecule has 0 unspecified atom stereocenters. The van der Waals surface area contributed by atoms with Gasteiger partial charge in [0.1, 0.15) is 5.82 Å². The van der Waals surface area contributed by atoms with Crippen molar-refractivity contribution in [3.05, 3.63) is 69.0 Å². The maximum absolute atomic E-state index is 13.6. The molecule has 0 N–H and O–H groups in total. The van der Waals surface area contributed by atoms with Crippen LogP contribution in [0.3, 0.4) is 0 Å². The van der Waals surface area contributed by atoms with Crippen LogP contribution in [0.5, 0.6) is 0 Å². The Hall–Kier alpha value is -1.67. The van der Waals surface area contributed by atoms with Gasteiger partial charge >= 0.3 is 0 Å². The Kier molecular flexibility index (Phi) is 3.72. The number of benzene rings is 2. The first-order valence-electron chi connectivity index (χ1n) is 5.98. The molecule has 2 rings (SSSR count). The first-order valence-corrected chi connectivity index (χ1v) is 6.36. The van der Waals surface area contributed by atoms with Crippen LogP contribution in [0.4, 0.5) is 4.39 Å². The van der Waals surface area contributed by atoms with E-state index < -0.39 is 0 Å². The number of carbonyl (C=O) groups is 1. The van der Waals surface area contributed by atoms with Crippen LogP contribution in [-0.2, 0) is 0 Å². The van der Waals surface area contributed by atoms with Crippen molar-refractivity contribution in [2.45, 2.75) is 20.8 Å². The highest BCUT2D eigenvalue weighted by Crippen LogP contribution is 2.24. The summed E-state index contributed by atoms with van der Waals surface area (Å²) in [6.45, 7) is 5.15. The first kappa shape index (κ1) is 13.8. The standard InChI is InChI=1S/C16H14ClFO/c1-9-5-4-6-13(14(9)17)16(19)12-7-10(2)15(18)11(3)8-12/h4-8H,1-3H3. The van der Waals surface area contributed by atoms with Gasteiger partial charge in [0.25, 0.3) is 0 Å². The van der Waals surface area contributed by atoms with Crippen molar-refractivity contribution in [2.24, 2.45) is 0 Å². The summed E-state index contributed by atoms with van der Waals surface area (Å²) in [5, 5.41) is 0.451. The summed E-state index contributed by atoms with van der Waals surface area (Å²) in [6, 6.07) is 8.44. The molecule has 19 heavy (non-hydrogen) atoms. The Morgan fingerprint density at radius 2 is 1.63 bits per heavy atom. The summed E-state index contributed by atoms with van der Waals surface area (Å²) in [6.07, 6.45) is 0. The second-order valence-corrected chi connectivity index (χ2v) is 5.07. The summed E-state index contributed by atoms with van der Waals surface area (Å²) < 4.78 is 13.6. The van der Waals surface area contributed by atoms with Crippen molar-refractivity contribution in [1.82, 2.24) is 0 Å². The summed E-state index contributed by atoms with van der Waals surface area (Å²) in [7, 11) is 0. The van der Waals surface area contributed by atoms with Crippen molar-refractivity contribution in [3.63, 3.8) is 0 Å². The van der Waals surface area contributed by atoms with Gasteiger partial charge in [-0.2, -0.15) is 0 Å². The number of ketones is 1. The van der Waals surface area contributed by atoms with Crippen molar-refractivity contribution in [2.75, 3.05) is 0 Å². The highest BCUT2D eigenvalue weighted by Gasteiger charge is 2.16. The molecular weight excluding hydrogens is 263 g/mol. The Balaban J connectivity index is 2.53. The molecule has 0 aromatic heterocycles. The Bertz CT molecular complexity index is 639. The lowest BCUT2D eigenvalue weighted by atomic mass is 9.98. The molecule has 0 heterocycles. The van der Waals surface area contributed by atoms with Crippen molar-refractivity contribution in [1.29, 1.82) is 0 Å². The lowest BCUT2D eigenvalue weighted by Gasteiger charge is -2.08. The smallest absolute Gasteiger partial charge is 0.194 e. The highest BCUT2D eigenvalue weighted by molar-refractivity contribution is 6.35. The minimum absolute atomic E-state index is 0.181. The van der Waals surface area contributed by atoms with Gasteiger partial charge in [-0.3, -0.25) is 4.79 Å². The second kappa shape index (κ2) is 5.14. The topological polar surface area (TPSA) is 17.1 Å². The lowest BCUT2D eigenvalue weighted by Crippen LogP contribution is -2.05. The third kappa shape index (κ3) is 2.54. The number of hydrogen-bond acceptors (Lipinski definition) is 1. The fourth-order valence-electron chi connectivity index (χ4n) is 2.06. The van der Waals surface area contributed by atoms with E-state index in [1.165, 1.54) is 0 Å². The summed E-state index contributed by atoms with van der Waals surface area (Å²) in [5.74, 6) is -0.452. The average molecular weight is 277 g/mol. The molecule has 0 bridgehead atoms. The Labute approximate surface area is 117 Å². The van der Waals surface area contributed by atoms with Crippen LogP contribution in [0, 0.1) is 26.6 Å². The van der Waals surface area contributed by atoms with Crippen molar-refractivity contribution >= 4 is 17.4 Å². The van der Waals surface area contributed by atoms with Crippen molar-refractivity contribution in [3.8, 4) is 0 Å². The molecule has 0 amide bonds. The van der Waals surface area contributed by atoms with Crippen LogP contribution in [0.25, 0.3) is 0 Å². The minimum Gasteiger partial charge on any atom is -0.289 e. The van der Waals surface area contributed by atoms with Gasteiger partial charge < -0.3 is 0 Å². The van der Waals surface area contributed by atoms with Crippen LogP contribution >= 0.6 is 11.6 Å². The third-order valence-corrected chi connectivity index (χ3v) is 3.64. The zero-order valence-electron chi connectivity index (χ0n) is 11.1. The van der Waals surface area contributed by atoms with Crippen molar-refractivity contribution < 1.29 is 9.18 Å². The number of halogens is 2. The van der Waals surface area contributed by atoms with E-state index in [1.54, 1.807) is 38.1 Å². The highest BCUT2D eigenvalue weighted by atomic mass is 35.5.